The number of carbonyl (C=O) groups excluding carboxylic acids is 1. The molecule has 0 radical (unpaired) electrons. The summed E-state index contributed by atoms with van der Waals surface area (Å²) in [5.74, 6) is -0.445. The summed E-state index contributed by atoms with van der Waals surface area (Å²) in [5.41, 5.74) is 2.21. The Hall–Kier alpha value is -3.25. The molecule has 0 fully saturated rings. The zero-order valence-electron chi connectivity index (χ0n) is 18.6. The fourth-order valence-corrected chi connectivity index (χ4v) is 3.69. The molecule has 0 unspecified atom stereocenters. The van der Waals surface area contributed by atoms with Crippen molar-refractivity contribution in [3.05, 3.63) is 86.9 Å². The normalized spacial score (nSPS) is 10.8. The molecule has 1 N–H and O–H groups in total. The number of nitrogens with zero attached hydrogens (tertiary/aromatic N) is 2. The number of aromatic nitrogens is 2. The average Bonchev–Trinajstić information content (AvgIpc) is 2.80. The van der Waals surface area contributed by atoms with Crippen LogP contribution in [0.2, 0.25) is 5.02 Å². The van der Waals surface area contributed by atoms with Crippen molar-refractivity contribution in [3.63, 3.8) is 0 Å². The van der Waals surface area contributed by atoms with Gasteiger partial charge in [0, 0.05) is 29.5 Å². The van der Waals surface area contributed by atoms with Gasteiger partial charge in [0.15, 0.2) is 5.78 Å². The van der Waals surface area contributed by atoms with E-state index in [2.05, 4.69) is 6.92 Å². The summed E-state index contributed by atoms with van der Waals surface area (Å²) in [6.45, 7) is 2.08. The average molecular weight is 467 g/mol. The minimum Gasteiger partial charge on any atom is -0.478 e. The molecule has 0 saturated heterocycles. The van der Waals surface area contributed by atoms with Crippen LogP contribution in [0.1, 0.15) is 54.4 Å². The minimum absolute atomic E-state index is 0.0264. The molecule has 0 aliphatic heterocycles. The second kappa shape index (κ2) is 11.6. The van der Waals surface area contributed by atoms with E-state index in [1.54, 1.807) is 24.3 Å². The first kappa shape index (κ1) is 24.4. The minimum atomic E-state index is -0.984. The van der Waals surface area contributed by atoms with Gasteiger partial charge in [-0.3, -0.25) is 14.2 Å². The van der Waals surface area contributed by atoms with Crippen molar-refractivity contribution in [2.24, 2.45) is 0 Å². The highest BCUT2D eigenvalue weighted by atomic mass is 35.5. The van der Waals surface area contributed by atoms with Crippen LogP contribution in [0.3, 0.4) is 0 Å². The third-order valence-electron chi connectivity index (χ3n) is 5.46. The number of unbranched alkanes of at least 4 members (excludes halogenated alkanes) is 2. The van der Waals surface area contributed by atoms with Crippen molar-refractivity contribution in [1.29, 1.82) is 0 Å². The molecule has 0 spiro atoms. The number of aromatic carboxylic acids is 1. The molecule has 0 saturated carbocycles. The van der Waals surface area contributed by atoms with Crippen molar-refractivity contribution in [2.45, 2.75) is 52.0 Å². The summed E-state index contributed by atoms with van der Waals surface area (Å²) >= 11 is 5.97. The van der Waals surface area contributed by atoms with E-state index < -0.39 is 5.97 Å². The van der Waals surface area contributed by atoms with Crippen molar-refractivity contribution in [2.75, 3.05) is 0 Å². The van der Waals surface area contributed by atoms with Gasteiger partial charge in [-0.15, -0.1) is 0 Å². The highest BCUT2D eigenvalue weighted by molar-refractivity contribution is 6.30. The lowest BCUT2D eigenvalue weighted by Gasteiger charge is -2.13. The Morgan fingerprint density at radius 3 is 2.33 bits per heavy atom. The van der Waals surface area contributed by atoms with Gasteiger partial charge in [0.1, 0.15) is 5.82 Å². The molecule has 7 heteroatoms. The fourth-order valence-electron chi connectivity index (χ4n) is 3.57. The molecule has 0 aliphatic rings. The maximum atomic E-state index is 12.9. The second-order valence-corrected chi connectivity index (χ2v) is 8.42. The second-order valence-electron chi connectivity index (χ2n) is 7.99. The number of halogens is 1. The Balaban J connectivity index is 1.76. The third kappa shape index (κ3) is 6.86. The summed E-state index contributed by atoms with van der Waals surface area (Å²) in [6, 6.07) is 15.1. The summed E-state index contributed by atoms with van der Waals surface area (Å²) in [6.07, 6.45) is 4.30. The zero-order chi connectivity index (χ0) is 23.8. The van der Waals surface area contributed by atoms with E-state index in [9.17, 15) is 14.4 Å². The van der Waals surface area contributed by atoms with Crippen molar-refractivity contribution in [1.82, 2.24) is 9.55 Å². The van der Waals surface area contributed by atoms with Gasteiger partial charge in [-0.2, -0.15) is 0 Å². The van der Waals surface area contributed by atoms with Gasteiger partial charge in [0.05, 0.1) is 17.8 Å². The van der Waals surface area contributed by atoms with Gasteiger partial charge in [0.2, 0.25) is 0 Å². The van der Waals surface area contributed by atoms with Crippen LogP contribution in [0, 0.1) is 0 Å². The highest BCUT2D eigenvalue weighted by Gasteiger charge is 2.14. The van der Waals surface area contributed by atoms with Crippen LogP contribution in [-0.4, -0.2) is 26.4 Å². The molecule has 0 aliphatic carbocycles. The standard InChI is InChI=1S/C26H27ClN2O4/c1-2-3-4-5-24-28-23(19-11-13-21(27)14-12-19)16-25(31)29(24)17-22(30)15-8-18-6-9-20(10-7-18)26(32)33/h6-7,9-14,16H,2-5,8,15,17H2,1H3,(H,32,33). The Kier molecular flexibility index (Phi) is 8.55. The number of hydrogen-bond acceptors (Lipinski definition) is 4. The molecule has 1 heterocycles. The van der Waals surface area contributed by atoms with Crippen LogP contribution < -0.4 is 5.56 Å². The first-order valence-electron chi connectivity index (χ1n) is 11.1. The predicted octanol–water partition coefficient (Wildman–Crippen LogP) is 5.20. The van der Waals surface area contributed by atoms with Gasteiger partial charge < -0.3 is 5.11 Å². The van der Waals surface area contributed by atoms with Gasteiger partial charge >= 0.3 is 5.97 Å². The first-order valence-corrected chi connectivity index (χ1v) is 11.5. The van der Waals surface area contributed by atoms with Crippen LogP contribution in [0.4, 0.5) is 0 Å². The number of aryl methyl sites for hydroxylation is 2. The monoisotopic (exact) mass is 466 g/mol. The summed E-state index contributed by atoms with van der Waals surface area (Å²) in [7, 11) is 0. The van der Waals surface area contributed by atoms with Crippen molar-refractivity contribution in [3.8, 4) is 11.3 Å². The van der Waals surface area contributed by atoms with Crippen LogP contribution in [-0.2, 0) is 24.2 Å². The molecular weight excluding hydrogens is 440 g/mol. The largest absolute Gasteiger partial charge is 0.478 e. The first-order chi connectivity index (χ1) is 15.9. The Morgan fingerprint density at radius 2 is 1.70 bits per heavy atom. The van der Waals surface area contributed by atoms with Crippen LogP contribution in [0.15, 0.2) is 59.4 Å². The van der Waals surface area contributed by atoms with Gasteiger partial charge in [-0.25, -0.2) is 9.78 Å². The Bertz CT molecular complexity index is 1170. The number of carbonyl (C=O) groups is 2. The summed E-state index contributed by atoms with van der Waals surface area (Å²) in [5, 5.41) is 9.60. The molecule has 172 valence electrons. The molecule has 33 heavy (non-hydrogen) atoms. The lowest BCUT2D eigenvalue weighted by atomic mass is 10.1. The fraction of sp³-hybridized carbons (Fsp3) is 0.308. The number of ketones is 1. The molecule has 0 bridgehead atoms. The van der Waals surface area contributed by atoms with E-state index in [-0.39, 0.29) is 29.9 Å². The lowest BCUT2D eigenvalue weighted by molar-refractivity contribution is -0.119. The van der Waals surface area contributed by atoms with E-state index in [1.165, 1.54) is 22.8 Å². The molecule has 3 aromatic rings. The number of benzene rings is 2. The van der Waals surface area contributed by atoms with Gasteiger partial charge in [-0.05, 0) is 42.7 Å². The molecule has 2 aromatic carbocycles. The van der Waals surface area contributed by atoms with Gasteiger partial charge in [0.25, 0.3) is 5.56 Å². The van der Waals surface area contributed by atoms with Gasteiger partial charge in [-0.1, -0.05) is 55.6 Å². The molecule has 1 aromatic heterocycles. The smallest absolute Gasteiger partial charge is 0.335 e. The van der Waals surface area contributed by atoms with Crippen molar-refractivity contribution >= 4 is 23.4 Å². The number of carboxylic acids is 1. The Labute approximate surface area is 197 Å². The number of Topliss-reactive ketones (excluding diaryl/α,β-unsaturated/α-hetero) is 1. The van der Waals surface area contributed by atoms with E-state index in [0.717, 1.165) is 30.4 Å². The molecule has 0 amide bonds. The van der Waals surface area contributed by atoms with Crippen molar-refractivity contribution < 1.29 is 14.7 Å². The number of hydrogen-bond donors (Lipinski definition) is 1. The highest BCUT2D eigenvalue weighted by Crippen LogP contribution is 2.19. The maximum Gasteiger partial charge on any atom is 0.335 e. The van der Waals surface area contributed by atoms with E-state index in [0.29, 0.717) is 29.4 Å². The quantitative estimate of drug-likeness (QED) is 0.392. The SMILES string of the molecule is CCCCCc1nc(-c2ccc(Cl)cc2)cc(=O)n1CC(=O)CCc1ccc(C(=O)O)cc1. The van der Waals surface area contributed by atoms with E-state index in [4.69, 9.17) is 21.7 Å². The van der Waals surface area contributed by atoms with E-state index in [1.807, 2.05) is 12.1 Å². The Morgan fingerprint density at radius 1 is 1.00 bits per heavy atom. The number of carboxylic acid groups (broad SMARTS) is 1. The number of rotatable bonds is 11. The lowest BCUT2D eigenvalue weighted by Crippen LogP contribution is -2.28. The molecule has 3 rings (SSSR count). The molecule has 0 atom stereocenters. The zero-order valence-corrected chi connectivity index (χ0v) is 19.3. The van der Waals surface area contributed by atoms with Crippen LogP contribution >= 0.6 is 11.6 Å². The van der Waals surface area contributed by atoms with Crippen LogP contribution in [0.5, 0.6) is 0 Å². The van der Waals surface area contributed by atoms with Crippen LogP contribution in [0.25, 0.3) is 11.3 Å². The molecular formula is C26H27ClN2O4. The van der Waals surface area contributed by atoms with E-state index >= 15 is 0 Å². The summed E-state index contributed by atoms with van der Waals surface area (Å²) < 4.78 is 1.48. The topological polar surface area (TPSA) is 89.3 Å². The maximum absolute atomic E-state index is 12.9. The summed E-state index contributed by atoms with van der Waals surface area (Å²) in [4.78, 5) is 41.3. The molecule has 6 nitrogen and oxygen atoms in total. The third-order valence-corrected chi connectivity index (χ3v) is 5.71. The predicted molar refractivity (Wildman–Crippen MR) is 129 cm³/mol.